The Morgan fingerprint density at radius 3 is 3.07 bits per heavy atom. The average molecular weight is 203 g/mol. The summed E-state index contributed by atoms with van der Waals surface area (Å²) in [5, 5.41) is 0. The van der Waals surface area contributed by atoms with E-state index in [0.717, 1.165) is 12.2 Å². The summed E-state index contributed by atoms with van der Waals surface area (Å²) >= 11 is 1.93. The Labute approximate surface area is 88.4 Å². The molecule has 1 aliphatic heterocycles. The van der Waals surface area contributed by atoms with E-state index in [-0.39, 0.29) is 0 Å². The molecule has 1 aromatic carbocycles. The van der Waals surface area contributed by atoms with Crippen LogP contribution in [-0.2, 0) is 6.42 Å². The summed E-state index contributed by atoms with van der Waals surface area (Å²) in [6.45, 7) is 0. The summed E-state index contributed by atoms with van der Waals surface area (Å²) in [5.74, 6) is 1.68. The van der Waals surface area contributed by atoms with E-state index in [1.807, 2.05) is 11.8 Å². The minimum Gasteiger partial charge on any atom is -0.326 e. The van der Waals surface area contributed by atoms with Crippen LogP contribution in [0.15, 0.2) is 29.2 Å². The van der Waals surface area contributed by atoms with Gasteiger partial charge < -0.3 is 5.73 Å². The molecule has 0 radical (unpaired) electrons. The molecule has 72 valence electrons. The summed E-state index contributed by atoms with van der Waals surface area (Å²) < 4.78 is 0. The Bertz CT molecular complexity index is 397. The van der Waals surface area contributed by atoms with Crippen LogP contribution in [0.2, 0.25) is 0 Å². The minimum atomic E-state index is 0.361. The van der Waals surface area contributed by atoms with Gasteiger partial charge in [0, 0.05) is 17.7 Å². The van der Waals surface area contributed by atoms with Crippen LogP contribution in [0.3, 0.4) is 0 Å². The highest BCUT2D eigenvalue weighted by Gasteiger charge is 2.32. The average Bonchev–Trinajstić information content (AvgIpc) is 2.57. The lowest BCUT2D eigenvalue weighted by molar-refractivity contribution is 0.545. The Morgan fingerprint density at radius 2 is 2.14 bits per heavy atom. The lowest BCUT2D eigenvalue weighted by Gasteiger charge is -2.22. The second-order valence-electron chi connectivity index (χ2n) is 4.03. The molecule has 0 aromatic heterocycles. The van der Waals surface area contributed by atoms with Crippen molar-refractivity contribution in [3.05, 3.63) is 40.3 Å². The van der Waals surface area contributed by atoms with Gasteiger partial charge in [0.05, 0.1) is 0 Å². The molecule has 1 aliphatic carbocycles. The van der Waals surface area contributed by atoms with E-state index in [9.17, 15) is 0 Å². The van der Waals surface area contributed by atoms with Gasteiger partial charge in [0.1, 0.15) is 0 Å². The van der Waals surface area contributed by atoms with Gasteiger partial charge in [0.15, 0.2) is 0 Å². The molecule has 2 N–H and O–H groups in total. The maximum absolute atomic E-state index is 6.08. The molecule has 1 nitrogen and oxygen atoms in total. The van der Waals surface area contributed by atoms with E-state index < -0.39 is 0 Å². The van der Waals surface area contributed by atoms with Crippen molar-refractivity contribution in [2.75, 3.05) is 5.75 Å². The molecule has 1 heterocycles. The number of nitrogens with two attached hydrogens (primary N) is 1. The molecule has 14 heavy (non-hydrogen) atoms. The number of rotatable bonds is 0. The Balaban J connectivity index is 2.07. The first-order valence-electron chi connectivity index (χ1n) is 5.02. The zero-order valence-corrected chi connectivity index (χ0v) is 8.76. The van der Waals surface area contributed by atoms with Crippen molar-refractivity contribution in [1.29, 1.82) is 0 Å². The fourth-order valence-corrected chi connectivity index (χ4v) is 3.58. The van der Waals surface area contributed by atoms with Gasteiger partial charge in [-0.05, 0) is 28.5 Å². The molecule has 1 saturated heterocycles. The molecular formula is C12H13NS. The normalized spacial score (nSPS) is 29.4. The topological polar surface area (TPSA) is 26.0 Å². The first-order valence-corrected chi connectivity index (χ1v) is 6.01. The van der Waals surface area contributed by atoms with Gasteiger partial charge in [0.2, 0.25) is 0 Å². The highest BCUT2D eigenvalue weighted by molar-refractivity contribution is 8.03. The number of fused-ring (bicyclic) bond motifs is 2. The number of hydrogen-bond acceptors (Lipinski definition) is 2. The van der Waals surface area contributed by atoms with E-state index in [1.54, 1.807) is 0 Å². The maximum Gasteiger partial charge on any atom is 0.0211 e. The van der Waals surface area contributed by atoms with Crippen molar-refractivity contribution in [2.45, 2.75) is 12.5 Å². The summed E-state index contributed by atoms with van der Waals surface area (Å²) in [6, 6.07) is 9.00. The zero-order chi connectivity index (χ0) is 9.54. The third-order valence-corrected chi connectivity index (χ3v) is 4.42. The summed E-state index contributed by atoms with van der Waals surface area (Å²) in [4.78, 5) is 1.50. The number of benzene rings is 1. The van der Waals surface area contributed by atoms with Gasteiger partial charge in [-0.15, -0.1) is 11.8 Å². The molecule has 0 bridgehead atoms. The SMILES string of the molecule is NC1CSC2=Cc3ccccc3CC21. The minimum absolute atomic E-state index is 0.361. The van der Waals surface area contributed by atoms with Gasteiger partial charge in [-0.1, -0.05) is 24.3 Å². The predicted molar refractivity (Wildman–Crippen MR) is 62.0 cm³/mol. The second kappa shape index (κ2) is 3.14. The first kappa shape index (κ1) is 8.57. The maximum atomic E-state index is 6.08. The van der Waals surface area contributed by atoms with Crippen LogP contribution in [0, 0.1) is 5.92 Å². The molecule has 3 rings (SSSR count). The van der Waals surface area contributed by atoms with Crippen molar-refractivity contribution in [2.24, 2.45) is 11.7 Å². The second-order valence-corrected chi connectivity index (χ2v) is 5.12. The third kappa shape index (κ3) is 1.22. The van der Waals surface area contributed by atoms with Gasteiger partial charge >= 0.3 is 0 Å². The van der Waals surface area contributed by atoms with Gasteiger partial charge in [-0.25, -0.2) is 0 Å². The zero-order valence-electron chi connectivity index (χ0n) is 7.94. The van der Waals surface area contributed by atoms with Crippen molar-refractivity contribution in [3.63, 3.8) is 0 Å². The molecule has 1 aromatic rings. The van der Waals surface area contributed by atoms with Crippen LogP contribution in [0.5, 0.6) is 0 Å². The molecule has 0 amide bonds. The summed E-state index contributed by atoms with van der Waals surface area (Å²) in [6.07, 6.45) is 3.46. The van der Waals surface area contributed by atoms with Crippen LogP contribution in [0.25, 0.3) is 6.08 Å². The monoisotopic (exact) mass is 203 g/mol. The van der Waals surface area contributed by atoms with Crippen LogP contribution < -0.4 is 5.73 Å². The molecular weight excluding hydrogens is 190 g/mol. The van der Waals surface area contributed by atoms with E-state index >= 15 is 0 Å². The summed E-state index contributed by atoms with van der Waals surface area (Å²) in [7, 11) is 0. The van der Waals surface area contributed by atoms with Crippen molar-refractivity contribution < 1.29 is 0 Å². The molecule has 2 atom stereocenters. The molecule has 1 fully saturated rings. The largest absolute Gasteiger partial charge is 0.326 e. The number of hydrogen-bond donors (Lipinski definition) is 1. The van der Waals surface area contributed by atoms with Gasteiger partial charge in [0.25, 0.3) is 0 Å². The van der Waals surface area contributed by atoms with Crippen LogP contribution in [0.4, 0.5) is 0 Å². The fourth-order valence-electron chi connectivity index (χ4n) is 2.28. The number of thioether (sulfide) groups is 1. The Kier molecular flexibility index (Phi) is 1.92. The van der Waals surface area contributed by atoms with Crippen LogP contribution in [0.1, 0.15) is 11.1 Å². The fraction of sp³-hybridized carbons (Fsp3) is 0.333. The van der Waals surface area contributed by atoms with E-state index in [4.69, 9.17) is 5.73 Å². The van der Waals surface area contributed by atoms with Crippen molar-refractivity contribution in [3.8, 4) is 0 Å². The molecule has 2 heteroatoms. The standard InChI is InChI=1S/C12H13NS/c13-11-7-14-12-6-9-4-2-1-3-8(9)5-10(11)12/h1-4,6,10-11H,5,7,13H2. The van der Waals surface area contributed by atoms with E-state index in [0.29, 0.717) is 12.0 Å². The third-order valence-electron chi connectivity index (χ3n) is 3.12. The molecule has 0 spiro atoms. The van der Waals surface area contributed by atoms with E-state index in [2.05, 4.69) is 30.3 Å². The summed E-state index contributed by atoms with van der Waals surface area (Å²) in [5.41, 5.74) is 8.93. The highest BCUT2D eigenvalue weighted by atomic mass is 32.2. The lowest BCUT2D eigenvalue weighted by Crippen LogP contribution is -2.30. The Hall–Kier alpha value is -0.730. The van der Waals surface area contributed by atoms with Crippen molar-refractivity contribution in [1.82, 2.24) is 0 Å². The smallest absolute Gasteiger partial charge is 0.0211 e. The van der Waals surface area contributed by atoms with Crippen LogP contribution in [-0.4, -0.2) is 11.8 Å². The van der Waals surface area contributed by atoms with Gasteiger partial charge in [-0.2, -0.15) is 0 Å². The quantitative estimate of drug-likeness (QED) is 0.700. The van der Waals surface area contributed by atoms with E-state index in [1.165, 1.54) is 16.0 Å². The van der Waals surface area contributed by atoms with Crippen molar-refractivity contribution >= 4 is 17.8 Å². The molecule has 2 unspecified atom stereocenters. The molecule has 0 saturated carbocycles. The highest BCUT2D eigenvalue weighted by Crippen LogP contribution is 2.42. The lowest BCUT2D eigenvalue weighted by atomic mass is 9.86. The molecule has 2 aliphatic rings. The van der Waals surface area contributed by atoms with Crippen LogP contribution >= 0.6 is 11.8 Å². The Morgan fingerprint density at radius 1 is 1.29 bits per heavy atom. The van der Waals surface area contributed by atoms with Gasteiger partial charge in [-0.3, -0.25) is 0 Å². The predicted octanol–water partition coefficient (Wildman–Crippen LogP) is 2.27. The first-order chi connectivity index (χ1) is 6.84.